The smallest absolute Gasteiger partial charge is 0.264 e. The van der Waals surface area contributed by atoms with Crippen LogP contribution in [0.25, 0.3) is 0 Å². The molecule has 0 saturated heterocycles. The summed E-state index contributed by atoms with van der Waals surface area (Å²) in [5, 5.41) is 3.89. The number of aryl methyl sites for hydroxylation is 1. The van der Waals surface area contributed by atoms with Crippen LogP contribution >= 0.6 is 23.2 Å². The van der Waals surface area contributed by atoms with E-state index in [9.17, 15) is 18.0 Å². The Balaban J connectivity index is 1.71. The molecule has 4 rings (SSSR count). The van der Waals surface area contributed by atoms with Gasteiger partial charge in [-0.2, -0.15) is 0 Å². The predicted molar refractivity (Wildman–Crippen MR) is 159 cm³/mol. The molecule has 1 aliphatic carbocycles. The fourth-order valence-electron chi connectivity index (χ4n) is 4.89. The molecule has 212 valence electrons. The number of nitrogens with zero attached hydrogens (tertiary/aromatic N) is 2. The number of hydrogen-bond donors (Lipinski definition) is 1. The van der Waals surface area contributed by atoms with Crippen LogP contribution < -0.4 is 9.62 Å². The quantitative estimate of drug-likeness (QED) is 0.310. The summed E-state index contributed by atoms with van der Waals surface area (Å²) < 4.78 is 28.9. The van der Waals surface area contributed by atoms with Crippen LogP contribution in [0.1, 0.15) is 43.7 Å². The van der Waals surface area contributed by atoms with E-state index in [0.717, 1.165) is 35.6 Å². The first-order valence-electron chi connectivity index (χ1n) is 13.2. The van der Waals surface area contributed by atoms with Crippen LogP contribution in [0.5, 0.6) is 0 Å². The van der Waals surface area contributed by atoms with Crippen molar-refractivity contribution in [3.8, 4) is 0 Å². The van der Waals surface area contributed by atoms with Crippen molar-refractivity contribution in [1.29, 1.82) is 0 Å². The molecular weight excluding hydrogens is 569 g/mol. The van der Waals surface area contributed by atoms with Gasteiger partial charge in [-0.25, -0.2) is 8.42 Å². The Kier molecular flexibility index (Phi) is 9.77. The van der Waals surface area contributed by atoms with E-state index in [-0.39, 0.29) is 29.1 Å². The third kappa shape index (κ3) is 7.16. The SMILES string of the molecule is Cc1ccc(Cl)cc1N(CC(=O)N(Cc1cccc(Cl)c1)C(C)C(=O)NC1CCCC1)S(=O)(=O)c1ccccc1. The Morgan fingerprint density at radius 1 is 0.950 bits per heavy atom. The minimum atomic E-state index is -4.16. The standard InChI is InChI=1S/C30H33Cl2N3O4S/c1-21-15-16-25(32)18-28(21)35(40(38,39)27-13-4-3-5-14-27)20-29(36)34(19-23-9-8-10-24(31)17-23)22(2)30(37)33-26-11-6-7-12-26/h3-5,8-10,13-18,22,26H,6-7,11-12,19-20H2,1-2H3,(H,33,37). The molecule has 1 aliphatic rings. The third-order valence-corrected chi connectivity index (χ3v) is 9.40. The van der Waals surface area contributed by atoms with Crippen molar-refractivity contribution in [2.75, 3.05) is 10.8 Å². The highest BCUT2D eigenvalue weighted by atomic mass is 35.5. The fourth-order valence-corrected chi connectivity index (χ4v) is 6.76. The predicted octanol–water partition coefficient (Wildman–Crippen LogP) is 5.97. The maximum absolute atomic E-state index is 14.0. The molecule has 40 heavy (non-hydrogen) atoms. The molecule has 1 saturated carbocycles. The van der Waals surface area contributed by atoms with Crippen molar-refractivity contribution >= 4 is 50.7 Å². The van der Waals surface area contributed by atoms with Crippen LogP contribution in [0, 0.1) is 6.92 Å². The molecule has 0 heterocycles. The van der Waals surface area contributed by atoms with Crippen molar-refractivity contribution in [1.82, 2.24) is 10.2 Å². The second-order valence-electron chi connectivity index (χ2n) is 10.1. The third-order valence-electron chi connectivity index (χ3n) is 7.16. The van der Waals surface area contributed by atoms with E-state index in [0.29, 0.717) is 15.6 Å². The molecule has 1 fully saturated rings. The zero-order valence-electron chi connectivity index (χ0n) is 22.5. The lowest BCUT2D eigenvalue weighted by Crippen LogP contribution is -2.52. The van der Waals surface area contributed by atoms with Gasteiger partial charge in [-0.1, -0.05) is 72.4 Å². The number of rotatable bonds is 10. The van der Waals surface area contributed by atoms with Gasteiger partial charge in [-0.15, -0.1) is 0 Å². The number of nitrogens with one attached hydrogen (secondary N) is 1. The Hall–Kier alpha value is -3.07. The minimum absolute atomic E-state index is 0.0376. The first-order valence-corrected chi connectivity index (χ1v) is 15.4. The van der Waals surface area contributed by atoms with Gasteiger partial charge in [0.15, 0.2) is 0 Å². The van der Waals surface area contributed by atoms with E-state index in [1.54, 1.807) is 62.4 Å². The zero-order valence-corrected chi connectivity index (χ0v) is 24.8. The highest BCUT2D eigenvalue weighted by Crippen LogP contribution is 2.30. The first kappa shape index (κ1) is 29.9. The van der Waals surface area contributed by atoms with Gasteiger partial charge >= 0.3 is 0 Å². The minimum Gasteiger partial charge on any atom is -0.352 e. The van der Waals surface area contributed by atoms with E-state index in [4.69, 9.17) is 23.2 Å². The molecule has 0 bridgehead atoms. The summed E-state index contributed by atoms with van der Waals surface area (Å²) in [6.07, 6.45) is 3.90. The molecule has 10 heteroatoms. The topological polar surface area (TPSA) is 86.8 Å². The van der Waals surface area contributed by atoms with Crippen molar-refractivity contribution in [2.24, 2.45) is 0 Å². The Bertz CT molecular complexity index is 1460. The van der Waals surface area contributed by atoms with E-state index in [1.165, 1.54) is 23.1 Å². The average Bonchev–Trinajstić information content (AvgIpc) is 3.45. The van der Waals surface area contributed by atoms with Crippen molar-refractivity contribution < 1.29 is 18.0 Å². The number of benzene rings is 3. The average molecular weight is 603 g/mol. The number of carbonyl (C=O) groups excluding carboxylic acids is 2. The van der Waals surface area contributed by atoms with Crippen LogP contribution in [-0.2, 0) is 26.2 Å². The Morgan fingerprint density at radius 2 is 1.62 bits per heavy atom. The van der Waals surface area contributed by atoms with Crippen molar-refractivity contribution in [3.63, 3.8) is 0 Å². The number of anilines is 1. The molecule has 7 nitrogen and oxygen atoms in total. The van der Waals surface area contributed by atoms with E-state index >= 15 is 0 Å². The van der Waals surface area contributed by atoms with Gasteiger partial charge in [-0.3, -0.25) is 13.9 Å². The largest absolute Gasteiger partial charge is 0.352 e. The van der Waals surface area contributed by atoms with Gasteiger partial charge in [0.2, 0.25) is 11.8 Å². The normalized spacial score (nSPS) is 14.5. The lowest BCUT2D eigenvalue weighted by atomic mass is 10.1. The lowest BCUT2D eigenvalue weighted by molar-refractivity contribution is -0.139. The summed E-state index contributed by atoms with van der Waals surface area (Å²) in [5.41, 5.74) is 1.64. The van der Waals surface area contributed by atoms with Crippen LogP contribution in [-0.4, -0.2) is 43.8 Å². The molecule has 3 aromatic carbocycles. The maximum Gasteiger partial charge on any atom is 0.264 e. The number of hydrogen-bond acceptors (Lipinski definition) is 4. The summed E-state index contributed by atoms with van der Waals surface area (Å²) in [6, 6.07) is 19.1. The second-order valence-corrected chi connectivity index (χ2v) is 12.8. The summed E-state index contributed by atoms with van der Waals surface area (Å²) >= 11 is 12.5. The summed E-state index contributed by atoms with van der Waals surface area (Å²) in [5.74, 6) is -0.813. The van der Waals surface area contributed by atoms with Crippen molar-refractivity contribution in [3.05, 3.63) is 94.0 Å². The molecule has 3 aromatic rings. The molecule has 2 amide bonds. The van der Waals surface area contributed by atoms with Gasteiger partial charge in [-0.05, 0) is 74.2 Å². The van der Waals surface area contributed by atoms with Crippen LogP contribution in [0.2, 0.25) is 10.0 Å². The summed E-state index contributed by atoms with van der Waals surface area (Å²) in [6.45, 7) is 2.96. The fraction of sp³-hybridized carbons (Fsp3) is 0.333. The van der Waals surface area contributed by atoms with Crippen LogP contribution in [0.15, 0.2) is 77.7 Å². The summed E-state index contributed by atoms with van der Waals surface area (Å²) in [4.78, 5) is 28.8. The molecule has 0 aliphatic heterocycles. The number of sulfonamides is 1. The van der Waals surface area contributed by atoms with E-state index < -0.39 is 28.5 Å². The van der Waals surface area contributed by atoms with Gasteiger partial charge in [0.25, 0.3) is 10.0 Å². The van der Waals surface area contributed by atoms with Gasteiger partial charge in [0, 0.05) is 22.6 Å². The molecule has 0 aromatic heterocycles. The summed E-state index contributed by atoms with van der Waals surface area (Å²) in [7, 11) is -4.16. The first-order chi connectivity index (χ1) is 19.1. The van der Waals surface area contributed by atoms with E-state index in [2.05, 4.69) is 5.32 Å². The molecule has 1 N–H and O–H groups in total. The van der Waals surface area contributed by atoms with Gasteiger partial charge in [0.1, 0.15) is 12.6 Å². The zero-order chi connectivity index (χ0) is 28.9. The molecule has 0 spiro atoms. The molecular formula is C30H33Cl2N3O4S. The Labute approximate surface area is 246 Å². The molecule has 0 radical (unpaired) electrons. The maximum atomic E-state index is 14.0. The molecule has 1 atom stereocenters. The van der Waals surface area contributed by atoms with Crippen LogP contribution in [0.3, 0.4) is 0 Å². The Morgan fingerprint density at radius 3 is 2.30 bits per heavy atom. The van der Waals surface area contributed by atoms with E-state index in [1.807, 2.05) is 6.07 Å². The number of carbonyl (C=O) groups is 2. The second kappa shape index (κ2) is 13.1. The van der Waals surface area contributed by atoms with Crippen LogP contribution in [0.4, 0.5) is 5.69 Å². The number of amides is 2. The lowest BCUT2D eigenvalue weighted by Gasteiger charge is -2.33. The number of halogens is 2. The van der Waals surface area contributed by atoms with Crippen molar-refractivity contribution in [2.45, 2.75) is 63.1 Å². The highest BCUT2D eigenvalue weighted by molar-refractivity contribution is 7.92. The van der Waals surface area contributed by atoms with Gasteiger partial charge < -0.3 is 10.2 Å². The highest BCUT2D eigenvalue weighted by Gasteiger charge is 2.34. The van der Waals surface area contributed by atoms with Gasteiger partial charge in [0.05, 0.1) is 10.6 Å². The molecule has 1 unspecified atom stereocenters. The monoisotopic (exact) mass is 601 g/mol.